The molecule has 0 saturated heterocycles. The molecule has 1 aliphatic carbocycles. The molecule has 7 aromatic rings. The van der Waals surface area contributed by atoms with E-state index in [1.165, 1.54) is 33.4 Å². The molecule has 9 rings (SSSR count). The zero-order valence-corrected chi connectivity index (χ0v) is 25.5. The SMILES string of the molecule is Cc1ccc(-c2nc(-c3ccc(C)cc3)nc(-c3ccc4c(c3)C3(c5ccccc5Oc5ccccc53)c3ccccc3-4)n2)cc1. The van der Waals surface area contributed by atoms with Crippen molar-refractivity contribution < 1.29 is 4.74 Å². The lowest BCUT2D eigenvalue weighted by Gasteiger charge is -2.39. The average molecular weight is 592 g/mol. The Balaban J connectivity index is 1.32. The third-order valence-corrected chi connectivity index (χ3v) is 9.36. The molecular weight excluding hydrogens is 562 g/mol. The molecule has 0 N–H and O–H groups in total. The lowest BCUT2D eigenvalue weighted by atomic mass is 9.66. The molecule has 0 saturated carbocycles. The molecule has 1 spiro atoms. The van der Waals surface area contributed by atoms with Crippen LogP contribution in [0.15, 0.2) is 140 Å². The lowest BCUT2D eigenvalue weighted by molar-refractivity contribution is 0.436. The number of aromatic nitrogens is 3. The number of benzene rings is 6. The first-order valence-electron chi connectivity index (χ1n) is 15.6. The highest BCUT2D eigenvalue weighted by molar-refractivity contribution is 5.90. The molecule has 4 heteroatoms. The molecule has 0 fully saturated rings. The molecular formula is C42H29N3O. The van der Waals surface area contributed by atoms with Gasteiger partial charge in [-0.05, 0) is 54.3 Å². The van der Waals surface area contributed by atoms with E-state index in [-0.39, 0.29) is 0 Å². The molecule has 0 atom stereocenters. The highest BCUT2D eigenvalue weighted by atomic mass is 16.5. The number of nitrogens with zero attached hydrogens (tertiary/aromatic N) is 3. The van der Waals surface area contributed by atoms with Crippen LogP contribution in [-0.2, 0) is 5.41 Å². The minimum atomic E-state index is -0.556. The van der Waals surface area contributed by atoms with E-state index in [0.29, 0.717) is 17.5 Å². The van der Waals surface area contributed by atoms with Crippen LogP contribution in [0, 0.1) is 13.8 Å². The van der Waals surface area contributed by atoms with Gasteiger partial charge in [0.25, 0.3) is 0 Å². The first-order chi connectivity index (χ1) is 22.6. The molecule has 218 valence electrons. The van der Waals surface area contributed by atoms with E-state index in [4.69, 9.17) is 19.7 Å². The third kappa shape index (κ3) is 3.90. The van der Waals surface area contributed by atoms with Crippen LogP contribution in [0.1, 0.15) is 33.4 Å². The Morgan fingerprint density at radius 1 is 0.413 bits per heavy atom. The van der Waals surface area contributed by atoms with Crippen LogP contribution in [0.2, 0.25) is 0 Å². The van der Waals surface area contributed by atoms with Crippen LogP contribution in [0.3, 0.4) is 0 Å². The normalized spacial score (nSPS) is 13.3. The second-order valence-corrected chi connectivity index (χ2v) is 12.2. The van der Waals surface area contributed by atoms with E-state index < -0.39 is 5.41 Å². The Kier molecular flexibility index (Phi) is 5.81. The lowest BCUT2D eigenvalue weighted by Crippen LogP contribution is -2.32. The Labute approximate surface area is 268 Å². The Morgan fingerprint density at radius 2 is 0.848 bits per heavy atom. The zero-order chi connectivity index (χ0) is 30.8. The van der Waals surface area contributed by atoms with E-state index in [1.54, 1.807) is 0 Å². The van der Waals surface area contributed by atoms with E-state index in [2.05, 4.69) is 141 Å². The quantitative estimate of drug-likeness (QED) is 0.205. The van der Waals surface area contributed by atoms with Gasteiger partial charge in [0.2, 0.25) is 0 Å². The van der Waals surface area contributed by atoms with Crippen molar-refractivity contribution in [2.45, 2.75) is 19.3 Å². The van der Waals surface area contributed by atoms with Crippen LogP contribution in [0.25, 0.3) is 45.3 Å². The van der Waals surface area contributed by atoms with Crippen molar-refractivity contribution in [3.8, 4) is 56.8 Å². The molecule has 1 aromatic heterocycles. The van der Waals surface area contributed by atoms with Gasteiger partial charge in [-0.15, -0.1) is 0 Å². The molecule has 2 aliphatic rings. The highest BCUT2D eigenvalue weighted by Crippen LogP contribution is 2.62. The fourth-order valence-electron chi connectivity index (χ4n) is 7.16. The van der Waals surface area contributed by atoms with Crippen molar-refractivity contribution >= 4 is 0 Å². The number of ether oxygens (including phenoxy) is 1. The van der Waals surface area contributed by atoms with Gasteiger partial charge in [-0.25, -0.2) is 15.0 Å². The average Bonchev–Trinajstić information content (AvgIpc) is 3.39. The summed E-state index contributed by atoms with van der Waals surface area (Å²) >= 11 is 0. The van der Waals surface area contributed by atoms with E-state index in [1.807, 2.05) is 12.1 Å². The second kappa shape index (κ2) is 10.1. The van der Waals surface area contributed by atoms with E-state index >= 15 is 0 Å². The van der Waals surface area contributed by atoms with Gasteiger partial charge in [-0.3, -0.25) is 0 Å². The van der Waals surface area contributed by atoms with E-state index in [9.17, 15) is 0 Å². The summed E-state index contributed by atoms with van der Waals surface area (Å²) < 4.78 is 6.52. The highest BCUT2D eigenvalue weighted by Gasteiger charge is 2.51. The molecule has 0 bridgehead atoms. The van der Waals surface area contributed by atoms with Gasteiger partial charge in [0.15, 0.2) is 17.5 Å². The van der Waals surface area contributed by atoms with Gasteiger partial charge < -0.3 is 4.74 Å². The topological polar surface area (TPSA) is 47.9 Å². The molecule has 2 heterocycles. The van der Waals surface area contributed by atoms with Crippen molar-refractivity contribution in [1.82, 2.24) is 15.0 Å². The number of fused-ring (bicyclic) bond motifs is 9. The smallest absolute Gasteiger partial charge is 0.164 e. The van der Waals surface area contributed by atoms with Crippen molar-refractivity contribution in [1.29, 1.82) is 0 Å². The standard InChI is InChI=1S/C42H29N3O/c1-26-15-19-28(20-16-26)39-43-40(29-21-17-27(2)18-22-29)45-41(44-39)30-23-24-32-31-9-3-4-10-33(31)42(36(32)25-30)34-11-5-7-13-37(34)46-38-14-8-6-12-35(38)42/h3-25H,1-2H3. The fourth-order valence-corrected chi connectivity index (χ4v) is 7.16. The van der Waals surface area contributed by atoms with Crippen LogP contribution in [0.4, 0.5) is 0 Å². The maximum absolute atomic E-state index is 6.52. The van der Waals surface area contributed by atoms with Gasteiger partial charge in [0.1, 0.15) is 11.5 Å². The summed E-state index contributed by atoms with van der Waals surface area (Å²) in [6, 6.07) is 49.0. The summed E-state index contributed by atoms with van der Waals surface area (Å²) in [6.07, 6.45) is 0. The number of hydrogen-bond acceptors (Lipinski definition) is 4. The molecule has 46 heavy (non-hydrogen) atoms. The molecule has 0 radical (unpaired) electrons. The number of aryl methyl sites for hydroxylation is 2. The second-order valence-electron chi connectivity index (χ2n) is 12.2. The monoisotopic (exact) mass is 591 g/mol. The van der Waals surface area contributed by atoms with Crippen LogP contribution in [-0.4, -0.2) is 15.0 Å². The fraction of sp³-hybridized carbons (Fsp3) is 0.0714. The third-order valence-electron chi connectivity index (χ3n) is 9.36. The van der Waals surface area contributed by atoms with Gasteiger partial charge in [-0.1, -0.05) is 132 Å². The summed E-state index contributed by atoms with van der Waals surface area (Å²) in [6.45, 7) is 4.18. The predicted octanol–water partition coefficient (Wildman–Crippen LogP) is 9.96. The molecule has 0 unspecified atom stereocenters. The Morgan fingerprint density at radius 3 is 1.41 bits per heavy atom. The van der Waals surface area contributed by atoms with Crippen molar-refractivity contribution in [3.05, 3.63) is 173 Å². The zero-order valence-electron chi connectivity index (χ0n) is 25.5. The van der Waals surface area contributed by atoms with Gasteiger partial charge in [0.05, 0.1) is 5.41 Å². The maximum atomic E-state index is 6.52. The first kappa shape index (κ1) is 26.5. The largest absolute Gasteiger partial charge is 0.457 e. The van der Waals surface area contributed by atoms with Gasteiger partial charge in [-0.2, -0.15) is 0 Å². The van der Waals surface area contributed by atoms with Crippen LogP contribution >= 0.6 is 0 Å². The molecule has 0 amide bonds. The van der Waals surface area contributed by atoms with Gasteiger partial charge >= 0.3 is 0 Å². The summed E-state index contributed by atoms with van der Waals surface area (Å²) in [5, 5.41) is 0. The minimum absolute atomic E-state index is 0.556. The van der Waals surface area contributed by atoms with Crippen molar-refractivity contribution in [2.75, 3.05) is 0 Å². The number of rotatable bonds is 3. The Hall–Kier alpha value is -5.87. The van der Waals surface area contributed by atoms with Crippen LogP contribution in [0.5, 0.6) is 11.5 Å². The predicted molar refractivity (Wildman–Crippen MR) is 183 cm³/mol. The number of para-hydroxylation sites is 2. The minimum Gasteiger partial charge on any atom is -0.457 e. The molecule has 1 aliphatic heterocycles. The summed E-state index contributed by atoms with van der Waals surface area (Å²) in [5.41, 5.74) is 11.8. The Bertz CT molecular complexity index is 2200. The van der Waals surface area contributed by atoms with Crippen molar-refractivity contribution in [3.63, 3.8) is 0 Å². The first-order valence-corrected chi connectivity index (χ1v) is 15.6. The summed E-state index contributed by atoms with van der Waals surface area (Å²) in [7, 11) is 0. The maximum Gasteiger partial charge on any atom is 0.164 e. The molecule has 6 aromatic carbocycles. The van der Waals surface area contributed by atoms with E-state index in [0.717, 1.165) is 39.3 Å². The molecule has 4 nitrogen and oxygen atoms in total. The van der Waals surface area contributed by atoms with Crippen LogP contribution < -0.4 is 4.74 Å². The van der Waals surface area contributed by atoms with Crippen molar-refractivity contribution in [2.24, 2.45) is 0 Å². The van der Waals surface area contributed by atoms with Gasteiger partial charge in [0, 0.05) is 27.8 Å². The summed E-state index contributed by atoms with van der Waals surface area (Å²) in [5.74, 6) is 3.70. The summed E-state index contributed by atoms with van der Waals surface area (Å²) in [4.78, 5) is 15.2. The number of hydrogen-bond donors (Lipinski definition) is 0.